The normalized spacial score (nSPS) is 17.1. The molecule has 1 aromatic carbocycles. The molecule has 0 saturated carbocycles. The number of likely N-dealkylation sites (tertiary alicyclic amines) is 1. The molecule has 6 heteroatoms. The van der Waals surface area contributed by atoms with Crippen molar-refractivity contribution in [2.75, 3.05) is 13.1 Å². The van der Waals surface area contributed by atoms with Crippen molar-refractivity contribution in [1.29, 1.82) is 0 Å². The third-order valence-corrected chi connectivity index (χ3v) is 4.88. The highest BCUT2D eigenvalue weighted by molar-refractivity contribution is 9.10. The minimum absolute atomic E-state index is 0.159. The first-order valence-corrected chi connectivity index (χ1v) is 8.46. The van der Waals surface area contributed by atoms with Crippen LogP contribution in [0.15, 0.2) is 22.7 Å². The first-order chi connectivity index (χ1) is 10.1. The molecule has 1 saturated heterocycles. The number of carbonyl (C=O) groups excluding carboxylic acids is 1. The fourth-order valence-corrected chi connectivity index (χ4v) is 3.68. The average molecular weight is 368 g/mol. The number of H-pyrrole nitrogens is 1. The lowest BCUT2D eigenvalue weighted by Gasteiger charge is -2.29. The van der Waals surface area contributed by atoms with Crippen LogP contribution in [0.25, 0.3) is 11.0 Å². The molecule has 0 aliphatic carbocycles. The van der Waals surface area contributed by atoms with Crippen LogP contribution in [0, 0.1) is 4.77 Å². The molecule has 2 aromatic rings. The van der Waals surface area contributed by atoms with Crippen LogP contribution in [0.1, 0.15) is 32.2 Å². The van der Waals surface area contributed by atoms with Gasteiger partial charge in [0.2, 0.25) is 5.91 Å². The van der Waals surface area contributed by atoms with Crippen LogP contribution < -0.4 is 0 Å². The van der Waals surface area contributed by atoms with Crippen molar-refractivity contribution in [3.05, 3.63) is 27.4 Å². The lowest BCUT2D eigenvalue weighted by atomic mass is 10.1. The van der Waals surface area contributed by atoms with Gasteiger partial charge < -0.3 is 14.5 Å². The van der Waals surface area contributed by atoms with Gasteiger partial charge in [0.15, 0.2) is 4.77 Å². The third-order valence-electron chi connectivity index (χ3n) is 4.09. The topological polar surface area (TPSA) is 41.0 Å². The second-order valence-corrected chi connectivity index (χ2v) is 6.83. The van der Waals surface area contributed by atoms with Gasteiger partial charge in [0, 0.05) is 17.6 Å². The maximum absolute atomic E-state index is 12.7. The summed E-state index contributed by atoms with van der Waals surface area (Å²) in [6.45, 7) is 3.66. The number of benzene rings is 1. The van der Waals surface area contributed by atoms with Crippen LogP contribution in [0.4, 0.5) is 0 Å². The summed E-state index contributed by atoms with van der Waals surface area (Å²) in [5.74, 6) is 0.159. The molecule has 0 bridgehead atoms. The number of fused-ring (bicyclic) bond motifs is 1. The van der Waals surface area contributed by atoms with E-state index in [4.69, 9.17) is 12.2 Å². The van der Waals surface area contributed by atoms with Crippen molar-refractivity contribution >= 4 is 45.1 Å². The van der Waals surface area contributed by atoms with Crippen molar-refractivity contribution in [3.63, 3.8) is 0 Å². The Balaban J connectivity index is 1.98. The minimum Gasteiger partial charge on any atom is -0.341 e. The van der Waals surface area contributed by atoms with Gasteiger partial charge in [-0.1, -0.05) is 15.9 Å². The SMILES string of the molecule is CC(C(=O)N1CCCCC1)n1c(=S)[nH]c2ccc(Br)cc21. The molecular formula is C15H18BrN3OS. The summed E-state index contributed by atoms with van der Waals surface area (Å²) in [6, 6.07) is 5.67. The Hall–Kier alpha value is -1.14. The number of nitrogens with zero attached hydrogens (tertiary/aromatic N) is 2. The van der Waals surface area contributed by atoms with Crippen LogP contribution in [0.5, 0.6) is 0 Å². The van der Waals surface area contributed by atoms with Crippen molar-refractivity contribution in [3.8, 4) is 0 Å². The molecule has 1 unspecified atom stereocenters. The number of piperidine rings is 1. The Morgan fingerprint density at radius 2 is 2.05 bits per heavy atom. The third kappa shape index (κ3) is 2.79. The van der Waals surface area contributed by atoms with Gasteiger partial charge in [-0.15, -0.1) is 0 Å². The number of rotatable bonds is 2. The van der Waals surface area contributed by atoms with Crippen LogP contribution >= 0.6 is 28.1 Å². The first-order valence-electron chi connectivity index (χ1n) is 7.26. The largest absolute Gasteiger partial charge is 0.341 e. The van der Waals surface area contributed by atoms with E-state index in [9.17, 15) is 4.79 Å². The van der Waals surface area contributed by atoms with Gasteiger partial charge in [0.25, 0.3) is 0 Å². The Morgan fingerprint density at radius 3 is 2.76 bits per heavy atom. The molecule has 112 valence electrons. The number of carbonyl (C=O) groups is 1. The van der Waals surface area contributed by atoms with E-state index in [1.54, 1.807) is 0 Å². The summed E-state index contributed by atoms with van der Waals surface area (Å²) < 4.78 is 3.50. The maximum Gasteiger partial charge on any atom is 0.245 e. The van der Waals surface area contributed by atoms with Gasteiger partial charge in [-0.05, 0) is 56.6 Å². The summed E-state index contributed by atoms with van der Waals surface area (Å²) in [5.41, 5.74) is 1.92. The number of hydrogen-bond acceptors (Lipinski definition) is 2. The lowest BCUT2D eigenvalue weighted by molar-refractivity contribution is -0.135. The zero-order valence-electron chi connectivity index (χ0n) is 11.9. The molecule has 1 fully saturated rings. The number of amides is 1. The molecule has 0 spiro atoms. The van der Waals surface area contributed by atoms with E-state index in [-0.39, 0.29) is 11.9 Å². The standard InChI is InChI=1S/C15H18BrN3OS/c1-10(14(20)18-7-3-2-4-8-18)19-13-9-11(16)5-6-12(13)17-15(19)21/h5-6,9-10H,2-4,7-8H2,1H3,(H,17,21). The van der Waals surface area contributed by atoms with E-state index < -0.39 is 0 Å². The summed E-state index contributed by atoms with van der Waals surface area (Å²) in [7, 11) is 0. The molecule has 1 aromatic heterocycles. The molecule has 1 aliphatic heterocycles. The molecule has 21 heavy (non-hydrogen) atoms. The van der Waals surface area contributed by atoms with Gasteiger partial charge in [0.1, 0.15) is 6.04 Å². The van der Waals surface area contributed by atoms with Crippen LogP contribution in [-0.2, 0) is 4.79 Å². The first kappa shape index (κ1) is 14.8. The van der Waals surface area contributed by atoms with Crippen molar-refractivity contribution < 1.29 is 4.79 Å². The van der Waals surface area contributed by atoms with Gasteiger partial charge in [-0.25, -0.2) is 0 Å². The second-order valence-electron chi connectivity index (χ2n) is 5.52. The molecule has 3 rings (SSSR count). The molecule has 4 nitrogen and oxygen atoms in total. The Kier molecular flexibility index (Phi) is 4.17. The Bertz CT molecular complexity index is 730. The average Bonchev–Trinajstić information content (AvgIpc) is 2.82. The molecule has 1 atom stereocenters. The zero-order valence-corrected chi connectivity index (χ0v) is 14.3. The number of nitrogens with one attached hydrogen (secondary N) is 1. The smallest absolute Gasteiger partial charge is 0.245 e. The zero-order chi connectivity index (χ0) is 15.0. The quantitative estimate of drug-likeness (QED) is 0.813. The number of halogens is 1. The highest BCUT2D eigenvalue weighted by Gasteiger charge is 2.25. The maximum atomic E-state index is 12.7. The fourth-order valence-electron chi connectivity index (χ4n) is 2.97. The Labute approximate surface area is 137 Å². The number of imidazole rings is 1. The van der Waals surface area contributed by atoms with Gasteiger partial charge in [-0.3, -0.25) is 4.79 Å². The summed E-state index contributed by atoms with van der Waals surface area (Å²) in [4.78, 5) is 17.9. The molecule has 0 radical (unpaired) electrons. The van der Waals surface area contributed by atoms with Crippen molar-refractivity contribution in [2.45, 2.75) is 32.2 Å². The molecule has 2 heterocycles. The molecular weight excluding hydrogens is 350 g/mol. The van der Waals surface area contributed by atoms with Crippen molar-refractivity contribution in [2.24, 2.45) is 0 Å². The van der Waals surface area contributed by atoms with Gasteiger partial charge >= 0.3 is 0 Å². The van der Waals surface area contributed by atoms with E-state index in [2.05, 4.69) is 20.9 Å². The summed E-state index contributed by atoms with van der Waals surface area (Å²) in [6.07, 6.45) is 3.42. The molecule has 1 N–H and O–H groups in total. The summed E-state index contributed by atoms with van der Waals surface area (Å²) >= 11 is 8.90. The minimum atomic E-state index is -0.279. The molecule has 1 aliphatic rings. The van der Waals surface area contributed by atoms with Crippen molar-refractivity contribution in [1.82, 2.24) is 14.5 Å². The Morgan fingerprint density at radius 1 is 1.33 bits per heavy atom. The highest BCUT2D eigenvalue weighted by atomic mass is 79.9. The lowest BCUT2D eigenvalue weighted by Crippen LogP contribution is -2.39. The van der Waals surface area contributed by atoms with Crippen LogP contribution in [-0.4, -0.2) is 33.4 Å². The van der Waals surface area contributed by atoms with E-state index in [0.717, 1.165) is 41.4 Å². The van der Waals surface area contributed by atoms with Crippen LogP contribution in [0.3, 0.4) is 0 Å². The fraction of sp³-hybridized carbons (Fsp3) is 0.467. The predicted molar refractivity (Wildman–Crippen MR) is 90.0 cm³/mol. The van der Waals surface area contributed by atoms with Crippen LogP contribution in [0.2, 0.25) is 0 Å². The number of hydrogen-bond donors (Lipinski definition) is 1. The monoisotopic (exact) mass is 367 g/mol. The highest BCUT2D eigenvalue weighted by Crippen LogP contribution is 2.24. The molecule has 1 amide bonds. The van der Waals surface area contributed by atoms with E-state index in [1.807, 2.05) is 34.6 Å². The van der Waals surface area contributed by atoms with Gasteiger partial charge in [0.05, 0.1) is 11.0 Å². The predicted octanol–water partition coefficient (Wildman–Crippen LogP) is 4.03. The van der Waals surface area contributed by atoms with Gasteiger partial charge in [-0.2, -0.15) is 0 Å². The summed E-state index contributed by atoms with van der Waals surface area (Å²) in [5, 5.41) is 0. The van der Waals surface area contributed by atoms with E-state index in [0.29, 0.717) is 4.77 Å². The second kappa shape index (κ2) is 5.93. The van der Waals surface area contributed by atoms with E-state index >= 15 is 0 Å². The van der Waals surface area contributed by atoms with E-state index in [1.165, 1.54) is 6.42 Å². The number of aromatic nitrogens is 2. The number of aromatic amines is 1.